The molecule has 0 saturated heterocycles. The molecule has 1 aliphatic rings. The summed E-state index contributed by atoms with van der Waals surface area (Å²) in [6.45, 7) is 8.56. The van der Waals surface area contributed by atoms with E-state index in [9.17, 15) is 4.79 Å². The van der Waals surface area contributed by atoms with Crippen molar-refractivity contribution in [2.24, 2.45) is 5.92 Å². The predicted octanol–water partition coefficient (Wildman–Crippen LogP) is 3.06. The summed E-state index contributed by atoms with van der Waals surface area (Å²) in [5, 5.41) is 3.06. The Kier molecular flexibility index (Phi) is 4.46. The van der Waals surface area contributed by atoms with Crippen molar-refractivity contribution in [3.63, 3.8) is 0 Å². The summed E-state index contributed by atoms with van der Waals surface area (Å²) < 4.78 is 0. The van der Waals surface area contributed by atoms with E-state index in [1.54, 1.807) is 0 Å². The summed E-state index contributed by atoms with van der Waals surface area (Å²) in [5.74, 6) is 0.697. The molecule has 2 atom stereocenters. The zero-order chi connectivity index (χ0) is 13.8. The molecule has 1 saturated carbocycles. The fourth-order valence-corrected chi connectivity index (χ4v) is 2.34. The van der Waals surface area contributed by atoms with E-state index in [1.807, 2.05) is 24.3 Å². The van der Waals surface area contributed by atoms with Gasteiger partial charge in [-0.1, -0.05) is 13.8 Å². The highest BCUT2D eigenvalue weighted by atomic mass is 16.1. The Bertz CT molecular complexity index is 427. The number of hydrogen-bond acceptors (Lipinski definition) is 2. The van der Waals surface area contributed by atoms with Gasteiger partial charge >= 0.3 is 0 Å². The van der Waals surface area contributed by atoms with Crippen LogP contribution in [0.3, 0.4) is 0 Å². The zero-order valence-electron chi connectivity index (χ0n) is 12.1. The Balaban J connectivity index is 1.98. The van der Waals surface area contributed by atoms with Crippen LogP contribution in [0, 0.1) is 5.92 Å². The molecule has 2 unspecified atom stereocenters. The van der Waals surface area contributed by atoms with Crippen molar-refractivity contribution >= 4 is 11.6 Å². The van der Waals surface area contributed by atoms with Gasteiger partial charge in [0.2, 0.25) is 0 Å². The average Bonchev–Trinajstić information content (AvgIpc) is 3.11. The Morgan fingerprint density at radius 2 is 1.95 bits per heavy atom. The highest BCUT2D eigenvalue weighted by Gasteiger charge is 2.33. The highest BCUT2D eigenvalue weighted by Crippen LogP contribution is 2.29. The number of nitrogens with one attached hydrogen (secondary N) is 1. The van der Waals surface area contributed by atoms with Gasteiger partial charge in [-0.25, -0.2) is 0 Å². The molecular formula is C16H24N2O. The topological polar surface area (TPSA) is 32.3 Å². The Hall–Kier alpha value is -1.51. The lowest BCUT2D eigenvalue weighted by Gasteiger charge is -2.22. The lowest BCUT2D eigenvalue weighted by Crippen LogP contribution is -2.27. The van der Waals surface area contributed by atoms with Crippen LogP contribution in [0.25, 0.3) is 0 Å². The molecule has 2 rings (SSSR count). The van der Waals surface area contributed by atoms with Crippen LogP contribution in [0.1, 0.15) is 44.0 Å². The van der Waals surface area contributed by atoms with Crippen LogP contribution in [0.4, 0.5) is 5.69 Å². The Labute approximate surface area is 116 Å². The number of rotatable bonds is 6. The molecule has 3 heteroatoms. The summed E-state index contributed by atoms with van der Waals surface area (Å²) in [5.41, 5.74) is 1.95. The number of carbonyl (C=O) groups is 1. The van der Waals surface area contributed by atoms with E-state index >= 15 is 0 Å². The molecular weight excluding hydrogens is 236 g/mol. The number of anilines is 1. The average molecular weight is 260 g/mol. The van der Waals surface area contributed by atoms with Crippen molar-refractivity contribution < 1.29 is 4.79 Å². The lowest BCUT2D eigenvalue weighted by atomic mass is 10.1. The smallest absolute Gasteiger partial charge is 0.251 e. The monoisotopic (exact) mass is 260 g/mol. The first kappa shape index (κ1) is 13.9. The quantitative estimate of drug-likeness (QED) is 0.852. The van der Waals surface area contributed by atoms with Crippen molar-refractivity contribution in [1.82, 2.24) is 5.32 Å². The van der Waals surface area contributed by atoms with Crippen LogP contribution in [-0.2, 0) is 0 Å². The number of hydrogen-bond donors (Lipinski definition) is 1. The van der Waals surface area contributed by atoms with Crippen LogP contribution in [-0.4, -0.2) is 25.0 Å². The Morgan fingerprint density at radius 1 is 1.32 bits per heavy atom. The number of nitrogens with zero attached hydrogens (tertiary/aromatic N) is 1. The molecule has 104 valence electrons. The molecule has 1 fully saturated rings. The molecule has 1 N–H and O–H groups in total. The molecule has 1 aromatic carbocycles. The van der Waals surface area contributed by atoms with Crippen molar-refractivity contribution in [1.29, 1.82) is 0 Å². The maximum absolute atomic E-state index is 12.0. The fourth-order valence-electron chi connectivity index (χ4n) is 2.34. The maximum atomic E-state index is 12.0. The molecule has 1 aliphatic carbocycles. The van der Waals surface area contributed by atoms with E-state index in [1.165, 1.54) is 5.69 Å². The lowest BCUT2D eigenvalue weighted by molar-refractivity contribution is 0.0949. The van der Waals surface area contributed by atoms with E-state index in [2.05, 4.69) is 31.0 Å². The third-order valence-corrected chi connectivity index (χ3v) is 3.80. The van der Waals surface area contributed by atoms with Gasteiger partial charge in [-0.3, -0.25) is 4.79 Å². The van der Waals surface area contributed by atoms with E-state index in [0.29, 0.717) is 12.0 Å². The SMILES string of the molecule is CCCN(CC)c1ccc(C(=O)NC2CC2C)cc1. The van der Waals surface area contributed by atoms with Crippen LogP contribution in [0.15, 0.2) is 24.3 Å². The molecule has 0 radical (unpaired) electrons. The van der Waals surface area contributed by atoms with Gasteiger partial charge in [0.1, 0.15) is 0 Å². The third-order valence-electron chi connectivity index (χ3n) is 3.80. The normalized spacial score (nSPS) is 21.0. The number of benzene rings is 1. The molecule has 19 heavy (non-hydrogen) atoms. The summed E-state index contributed by atoms with van der Waals surface area (Å²) >= 11 is 0. The van der Waals surface area contributed by atoms with Gasteiger partial charge in [0.25, 0.3) is 5.91 Å². The highest BCUT2D eigenvalue weighted by molar-refractivity contribution is 5.94. The van der Waals surface area contributed by atoms with Gasteiger partial charge in [0.15, 0.2) is 0 Å². The maximum Gasteiger partial charge on any atom is 0.251 e. The molecule has 0 spiro atoms. The molecule has 0 aromatic heterocycles. The minimum Gasteiger partial charge on any atom is -0.372 e. The summed E-state index contributed by atoms with van der Waals surface area (Å²) in [6.07, 6.45) is 2.25. The van der Waals surface area contributed by atoms with Gasteiger partial charge < -0.3 is 10.2 Å². The molecule has 3 nitrogen and oxygen atoms in total. The number of amides is 1. The molecule has 0 heterocycles. The van der Waals surface area contributed by atoms with Gasteiger partial charge in [0.05, 0.1) is 0 Å². The van der Waals surface area contributed by atoms with Crippen LogP contribution in [0.5, 0.6) is 0 Å². The second-order valence-corrected chi connectivity index (χ2v) is 5.42. The van der Waals surface area contributed by atoms with Gasteiger partial charge in [-0.2, -0.15) is 0 Å². The summed E-state index contributed by atoms with van der Waals surface area (Å²) in [4.78, 5) is 14.3. The fraction of sp³-hybridized carbons (Fsp3) is 0.562. The minimum atomic E-state index is 0.0550. The first-order chi connectivity index (χ1) is 9.15. The van der Waals surface area contributed by atoms with Crippen LogP contribution in [0.2, 0.25) is 0 Å². The van der Waals surface area contributed by atoms with Gasteiger partial charge in [0, 0.05) is 30.4 Å². The van der Waals surface area contributed by atoms with E-state index in [0.717, 1.165) is 31.5 Å². The second-order valence-electron chi connectivity index (χ2n) is 5.42. The summed E-state index contributed by atoms with van der Waals surface area (Å²) in [6, 6.07) is 8.33. The second kappa shape index (κ2) is 6.09. The van der Waals surface area contributed by atoms with E-state index in [-0.39, 0.29) is 5.91 Å². The van der Waals surface area contributed by atoms with Crippen molar-refractivity contribution in [2.75, 3.05) is 18.0 Å². The van der Waals surface area contributed by atoms with E-state index < -0.39 is 0 Å². The molecule has 1 amide bonds. The van der Waals surface area contributed by atoms with Crippen LogP contribution < -0.4 is 10.2 Å². The largest absolute Gasteiger partial charge is 0.372 e. The zero-order valence-corrected chi connectivity index (χ0v) is 12.1. The van der Waals surface area contributed by atoms with Crippen molar-refractivity contribution in [3.8, 4) is 0 Å². The first-order valence-electron chi connectivity index (χ1n) is 7.31. The third kappa shape index (κ3) is 3.49. The van der Waals surface area contributed by atoms with Crippen molar-refractivity contribution in [3.05, 3.63) is 29.8 Å². The Morgan fingerprint density at radius 3 is 2.42 bits per heavy atom. The van der Waals surface area contributed by atoms with Gasteiger partial charge in [-0.05, 0) is 49.9 Å². The van der Waals surface area contributed by atoms with Gasteiger partial charge in [-0.15, -0.1) is 0 Å². The molecule has 1 aromatic rings. The molecule has 0 bridgehead atoms. The van der Waals surface area contributed by atoms with E-state index in [4.69, 9.17) is 0 Å². The van der Waals surface area contributed by atoms with Crippen LogP contribution >= 0.6 is 0 Å². The summed E-state index contributed by atoms with van der Waals surface area (Å²) in [7, 11) is 0. The molecule has 0 aliphatic heterocycles. The first-order valence-corrected chi connectivity index (χ1v) is 7.31. The predicted molar refractivity (Wildman–Crippen MR) is 79.7 cm³/mol. The van der Waals surface area contributed by atoms with Crippen molar-refractivity contribution in [2.45, 2.75) is 39.7 Å². The minimum absolute atomic E-state index is 0.0550. The standard InChI is InChI=1S/C16H24N2O/c1-4-10-18(5-2)14-8-6-13(7-9-14)16(19)17-15-11-12(15)3/h6-9,12,15H,4-5,10-11H2,1-3H3,(H,17,19). The number of carbonyl (C=O) groups excluding carboxylic acids is 1.